The molecule has 2 aromatic rings. The molecule has 1 fully saturated rings. The van der Waals surface area contributed by atoms with Crippen molar-refractivity contribution in [3.05, 3.63) is 23.7 Å². The van der Waals surface area contributed by atoms with E-state index in [2.05, 4.69) is 22.5 Å². The van der Waals surface area contributed by atoms with Gasteiger partial charge < -0.3 is 4.57 Å². The van der Waals surface area contributed by atoms with E-state index < -0.39 is 0 Å². The van der Waals surface area contributed by atoms with Crippen molar-refractivity contribution in [3.63, 3.8) is 0 Å². The molecule has 0 bridgehead atoms. The zero-order chi connectivity index (χ0) is 13.9. The van der Waals surface area contributed by atoms with Crippen molar-refractivity contribution in [1.29, 1.82) is 0 Å². The molecule has 0 aromatic carbocycles. The van der Waals surface area contributed by atoms with E-state index >= 15 is 0 Å². The van der Waals surface area contributed by atoms with Crippen molar-refractivity contribution in [2.75, 3.05) is 5.88 Å². The number of nitrogens with zero attached hydrogens (tertiary/aromatic N) is 3. The van der Waals surface area contributed by atoms with Gasteiger partial charge in [-0.2, -0.15) is 0 Å². The fourth-order valence-corrected chi connectivity index (χ4v) is 3.42. The average Bonchev–Trinajstić information content (AvgIpc) is 2.77. The molecule has 0 unspecified atom stereocenters. The van der Waals surface area contributed by atoms with Gasteiger partial charge in [0.1, 0.15) is 11.3 Å². The zero-order valence-electron chi connectivity index (χ0n) is 12.1. The standard InChI is InChI=1S/C16H22ClN3/c1-12-9-14-16(18-10-12)20(15(19-14)7-8-17)11-13-5-3-2-4-6-13/h9-10,13H,2-8,11H2,1H3. The number of hydrogen-bond donors (Lipinski definition) is 0. The van der Waals surface area contributed by atoms with Crippen molar-refractivity contribution in [2.24, 2.45) is 5.92 Å². The summed E-state index contributed by atoms with van der Waals surface area (Å²) in [6.45, 7) is 3.12. The minimum Gasteiger partial charge on any atom is -0.312 e. The van der Waals surface area contributed by atoms with Crippen molar-refractivity contribution < 1.29 is 0 Å². The minimum atomic E-state index is 0.618. The van der Waals surface area contributed by atoms with Gasteiger partial charge >= 0.3 is 0 Å². The quantitative estimate of drug-likeness (QED) is 0.794. The average molecular weight is 292 g/mol. The van der Waals surface area contributed by atoms with Crippen LogP contribution in [0.1, 0.15) is 43.5 Å². The second-order valence-electron chi connectivity index (χ2n) is 5.94. The molecule has 3 rings (SSSR count). The Kier molecular flexibility index (Phi) is 4.25. The highest BCUT2D eigenvalue weighted by molar-refractivity contribution is 6.17. The Balaban J connectivity index is 1.95. The van der Waals surface area contributed by atoms with E-state index in [9.17, 15) is 0 Å². The van der Waals surface area contributed by atoms with Crippen LogP contribution in [0.5, 0.6) is 0 Å². The van der Waals surface area contributed by atoms with Gasteiger partial charge in [-0.15, -0.1) is 11.6 Å². The summed E-state index contributed by atoms with van der Waals surface area (Å²) in [7, 11) is 0. The van der Waals surface area contributed by atoms with E-state index in [0.29, 0.717) is 5.88 Å². The lowest BCUT2D eigenvalue weighted by molar-refractivity contribution is 0.319. The first kappa shape index (κ1) is 13.9. The molecule has 20 heavy (non-hydrogen) atoms. The predicted octanol–water partition coefficient (Wildman–Crippen LogP) is 4.10. The Hall–Kier alpha value is -1.09. The third-order valence-corrected chi connectivity index (χ3v) is 4.47. The number of fused-ring (bicyclic) bond motifs is 1. The second-order valence-corrected chi connectivity index (χ2v) is 6.32. The Bertz CT molecular complexity index is 585. The molecule has 108 valence electrons. The molecule has 2 heterocycles. The molecule has 1 saturated carbocycles. The molecule has 0 N–H and O–H groups in total. The van der Waals surface area contributed by atoms with Gasteiger partial charge in [-0.3, -0.25) is 0 Å². The van der Waals surface area contributed by atoms with Crippen LogP contribution in [-0.2, 0) is 13.0 Å². The largest absolute Gasteiger partial charge is 0.312 e. The van der Waals surface area contributed by atoms with E-state index in [1.165, 1.54) is 32.1 Å². The highest BCUT2D eigenvalue weighted by atomic mass is 35.5. The zero-order valence-corrected chi connectivity index (χ0v) is 12.9. The lowest BCUT2D eigenvalue weighted by Gasteiger charge is -2.22. The van der Waals surface area contributed by atoms with Crippen LogP contribution in [-0.4, -0.2) is 20.4 Å². The number of alkyl halides is 1. The van der Waals surface area contributed by atoms with Crippen molar-refractivity contribution in [2.45, 2.75) is 52.0 Å². The molecule has 0 aliphatic heterocycles. The highest BCUT2D eigenvalue weighted by Crippen LogP contribution is 2.27. The summed E-state index contributed by atoms with van der Waals surface area (Å²) in [6.07, 6.45) is 9.57. The van der Waals surface area contributed by atoms with Gasteiger partial charge in [0.05, 0.1) is 0 Å². The topological polar surface area (TPSA) is 30.7 Å². The Morgan fingerprint density at radius 2 is 2.10 bits per heavy atom. The van der Waals surface area contributed by atoms with Gasteiger partial charge in [-0.05, 0) is 37.3 Å². The number of aromatic nitrogens is 3. The number of imidazole rings is 1. The summed E-state index contributed by atoms with van der Waals surface area (Å²) in [5.41, 5.74) is 3.21. The molecule has 1 aliphatic rings. The van der Waals surface area contributed by atoms with Gasteiger partial charge in [-0.25, -0.2) is 9.97 Å². The van der Waals surface area contributed by atoms with Crippen LogP contribution in [0.2, 0.25) is 0 Å². The summed E-state index contributed by atoms with van der Waals surface area (Å²) >= 11 is 5.94. The predicted molar refractivity (Wildman–Crippen MR) is 83.3 cm³/mol. The van der Waals surface area contributed by atoms with E-state index in [-0.39, 0.29) is 0 Å². The van der Waals surface area contributed by atoms with E-state index in [0.717, 1.165) is 41.4 Å². The molecule has 2 aromatic heterocycles. The van der Waals surface area contributed by atoms with Gasteiger partial charge in [0.2, 0.25) is 0 Å². The molecule has 3 nitrogen and oxygen atoms in total. The first-order valence-electron chi connectivity index (χ1n) is 7.65. The fraction of sp³-hybridized carbons (Fsp3) is 0.625. The molecule has 1 aliphatic carbocycles. The normalized spacial score (nSPS) is 16.9. The Morgan fingerprint density at radius 3 is 2.85 bits per heavy atom. The van der Waals surface area contributed by atoms with Gasteiger partial charge in [0.15, 0.2) is 5.65 Å². The maximum absolute atomic E-state index is 5.94. The Morgan fingerprint density at radius 1 is 1.30 bits per heavy atom. The van der Waals surface area contributed by atoms with Crippen molar-refractivity contribution in [3.8, 4) is 0 Å². The fourth-order valence-electron chi connectivity index (χ4n) is 3.25. The lowest BCUT2D eigenvalue weighted by atomic mass is 9.89. The molecule has 4 heteroatoms. The van der Waals surface area contributed by atoms with E-state index in [4.69, 9.17) is 16.6 Å². The van der Waals surface area contributed by atoms with E-state index in [1.54, 1.807) is 0 Å². The number of pyridine rings is 1. The number of aryl methyl sites for hydroxylation is 2. The lowest BCUT2D eigenvalue weighted by Crippen LogP contribution is -2.16. The summed E-state index contributed by atoms with van der Waals surface area (Å²) in [5, 5.41) is 0. The first-order valence-corrected chi connectivity index (χ1v) is 8.19. The maximum atomic E-state index is 5.94. The van der Waals surface area contributed by atoms with Gasteiger partial charge in [0, 0.05) is 25.0 Å². The van der Waals surface area contributed by atoms with Gasteiger partial charge in [-0.1, -0.05) is 19.3 Å². The summed E-state index contributed by atoms with van der Waals surface area (Å²) in [4.78, 5) is 9.35. The first-order chi connectivity index (χ1) is 9.78. The van der Waals surface area contributed by atoms with Crippen LogP contribution in [0.4, 0.5) is 0 Å². The summed E-state index contributed by atoms with van der Waals surface area (Å²) < 4.78 is 2.31. The van der Waals surface area contributed by atoms with E-state index in [1.807, 2.05) is 6.20 Å². The van der Waals surface area contributed by atoms with Crippen molar-refractivity contribution >= 4 is 22.8 Å². The number of halogens is 1. The molecule has 0 amide bonds. The number of hydrogen-bond acceptors (Lipinski definition) is 2. The highest BCUT2D eigenvalue weighted by Gasteiger charge is 2.18. The second kappa shape index (κ2) is 6.13. The van der Waals surface area contributed by atoms with Gasteiger partial charge in [0.25, 0.3) is 0 Å². The van der Waals surface area contributed by atoms with Crippen molar-refractivity contribution in [1.82, 2.24) is 14.5 Å². The third-order valence-electron chi connectivity index (χ3n) is 4.28. The monoisotopic (exact) mass is 291 g/mol. The number of rotatable bonds is 4. The molecule has 0 radical (unpaired) electrons. The third kappa shape index (κ3) is 2.83. The molecule has 0 spiro atoms. The molecular formula is C16H22ClN3. The van der Waals surface area contributed by atoms with Crippen LogP contribution in [0, 0.1) is 12.8 Å². The van der Waals surface area contributed by atoms with Crippen LogP contribution >= 0.6 is 11.6 Å². The smallest absolute Gasteiger partial charge is 0.160 e. The van der Waals surface area contributed by atoms with Crippen LogP contribution in [0.15, 0.2) is 12.3 Å². The summed E-state index contributed by atoms with van der Waals surface area (Å²) in [6, 6.07) is 2.12. The maximum Gasteiger partial charge on any atom is 0.160 e. The van der Waals surface area contributed by atoms with Crippen LogP contribution in [0.3, 0.4) is 0 Å². The van der Waals surface area contributed by atoms with Crippen LogP contribution < -0.4 is 0 Å². The van der Waals surface area contributed by atoms with Crippen LogP contribution in [0.25, 0.3) is 11.2 Å². The SMILES string of the molecule is Cc1cnc2c(c1)nc(CCCl)n2CC1CCCCC1. The molecule has 0 atom stereocenters. The summed E-state index contributed by atoms with van der Waals surface area (Å²) in [5.74, 6) is 2.49. The minimum absolute atomic E-state index is 0.618. The molecular weight excluding hydrogens is 270 g/mol. The molecule has 0 saturated heterocycles. The Labute approximate surface area is 125 Å².